The number of methoxy groups -OCH3 is 2. The van der Waals surface area contributed by atoms with Crippen molar-refractivity contribution >= 4 is 11.9 Å². The molecule has 2 heterocycles. The molecular weight excluding hydrogens is 464 g/mol. The lowest BCUT2D eigenvalue weighted by Crippen LogP contribution is -2.72. The second kappa shape index (κ2) is 13.0. The van der Waals surface area contributed by atoms with Crippen LogP contribution < -0.4 is 0 Å². The molecule has 0 N–H and O–H groups in total. The fourth-order valence-electron chi connectivity index (χ4n) is 6.02. The zero-order chi connectivity index (χ0) is 26.3. The third kappa shape index (κ3) is 6.78. The van der Waals surface area contributed by atoms with Crippen LogP contribution >= 0.6 is 0 Å². The highest BCUT2D eigenvalue weighted by Crippen LogP contribution is 2.42. The molecule has 1 aliphatic carbocycles. The van der Waals surface area contributed by atoms with Gasteiger partial charge in [-0.15, -0.1) is 0 Å². The first-order chi connectivity index (χ1) is 17.2. The summed E-state index contributed by atoms with van der Waals surface area (Å²) in [6.07, 6.45) is 6.38. The molecule has 0 aromatic carbocycles. The molecule has 2 aliphatic heterocycles. The number of likely N-dealkylation sites (tertiary alicyclic amines) is 2. The number of esters is 2. The number of carbonyl (C=O) groups excluding carboxylic acids is 2. The molecule has 1 saturated carbocycles. The summed E-state index contributed by atoms with van der Waals surface area (Å²) in [6, 6.07) is -0.00159. The van der Waals surface area contributed by atoms with Crippen molar-refractivity contribution in [1.29, 1.82) is 0 Å². The minimum absolute atomic E-state index is 0.000797. The maximum absolute atomic E-state index is 14.3. The van der Waals surface area contributed by atoms with Crippen LogP contribution in [0, 0.1) is 5.92 Å². The second-order valence-electron chi connectivity index (χ2n) is 11.4. The lowest BCUT2D eigenvalue weighted by atomic mass is 9.87. The van der Waals surface area contributed by atoms with Gasteiger partial charge >= 0.3 is 11.9 Å². The Labute approximate surface area is 217 Å². The van der Waals surface area contributed by atoms with E-state index in [0.717, 1.165) is 38.8 Å². The Kier molecular flexibility index (Phi) is 10.6. The molecule has 2 saturated heterocycles. The summed E-state index contributed by atoms with van der Waals surface area (Å²) in [6.45, 7) is 10.4. The summed E-state index contributed by atoms with van der Waals surface area (Å²) in [7, 11) is 3.40. The Morgan fingerprint density at radius 3 is 1.89 bits per heavy atom. The number of rotatable bonds is 11. The SMILES string of the molecule is CCOC(=O)[C@H]1CC[C@H](OC(C(=O)OC(C)(C)C)(N2CCCC2)N2[C@@H](COC)CC[C@H]2COC)CC1. The highest BCUT2D eigenvalue weighted by Gasteiger charge is 2.60. The average molecular weight is 513 g/mol. The van der Waals surface area contributed by atoms with Crippen molar-refractivity contribution in [3.05, 3.63) is 0 Å². The first kappa shape index (κ1) is 29.3. The van der Waals surface area contributed by atoms with Gasteiger partial charge in [0.1, 0.15) is 5.60 Å². The van der Waals surface area contributed by atoms with E-state index >= 15 is 0 Å². The zero-order valence-corrected chi connectivity index (χ0v) is 23.3. The van der Waals surface area contributed by atoms with Crippen molar-refractivity contribution in [3.63, 3.8) is 0 Å². The lowest BCUT2D eigenvalue weighted by Gasteiger charge is -2.51. The van der Waals surface area contributed by atoms with Crippen LogP contribution in [0.1, 0.15) is 79.1 Å². The number of carbonyl (C=O) groups is 2. The van der Waals surface area contributed by atoms with Gasteiger partial charge in [-0.05, 0) is 79.1 Å². The molecule has 1 unspecified atom stereocenters. The molecule has 0 aromatic rings. The van der Waals surface area contributed by atoms with Crippen molar-refractivity contribution in [2.75, 3.05) is 47.1 Å². The van der Waals surface area contributed by atoms with Gasteiger partial charge in [-0.2, -0.15) is 0 Å². The Bertz CT molecular complexity index is 699. The van der Waals surface area contributed by atoms with Crippen molar-refractivity contribution in [2.24, 2.45) is 5.92 Å². The number of ether oxygens (including phenoxy) is 5. The van der Waals surface area contributed by atoms with Crippen LogP contribution in [0.15, 0.2) is 0 Å². The smallest absolute Gasteiger partial charge is 0.371 e. The van der Waals surface area contributed by atoms with Crippen LogP contribution in [0.5, 0.6) is 0 Å². The summed E-state index contributed by atoms with van der Waals surface area (Å²) in [4.78, 5) is 31.0. The molecule has 3 atom stereocenters. The van der Waals surface area contributed by atoms with Gasteiger partial charge in [0, 0.05) is 39.4 Å². The minimum Gasteiger partial charge on any atom is -0.466 e. The average Bonchev–Trinajstić information content (AvgIpc) is 3.49. The van der Waals surface area contributed by atoms with Crippen molar-refractivity contribution < 1.29 is 33.3 Å². The van der Waals surface area contributed by atoms with Crippen LogP contribution in [0.25, 0.3) is 0 Å². The van der Waals surface area contributed by atoms with E-state index in [1.807, 2.05) is 27.7 Å². The van der Waals surface area contributed by atoms with E-state index in [9.17, 15) is 9.59 Å². The van der Waals surface area contributed by atoms with Gasteiger partial charge in [0.2, 0.25) is 0 Å². The Hall–Kier alpha value is -1.26. The quantitative estimate of drug-likeness (QED) is 0.387. The molecule has 208 valence electrons. The van der Waals surface area contributed by atoms with E-state index in [-0.39, 0.29) is 36.0 Å². The molecule has 36 heavy (non-hydrogen) atoms. The third-order valence-electron chi connectivity index (χ3n) is 7.51. The fourth-order valence-corrected chi connectivity index (χ4v) is 6.02. The van der Waals surface area contributed by atoms with Gasteiger partial charge in [-0.3, -0.25) is 9.69 Å². The molecular formula is C27H48N2O7. The molecule has 3 rings (SSSR count). The van der Waals surface area contributed by atoms with E-state index in [2.05, 4.69) is 9.80 Å². The molecule has 9 heteroatoms. The first-order valence-corrected chi connectivity index (χ1v) is 13.8. The van der Waals surface area contributed by atoms with Gasteiger partial charge in [-0.1, -0.05) is 0 Å². The summed E-state index contributed by atoms with van der Waals surface area (Å²) >= 11 is 0. The highest BCUT2D eigenvalue weighted by molar-refractivity contribution is 5.79. The van der Waals surface area contributed by atoms with Crippen LogP contribution in [0.3, 0.4) is 0 Å². The Morgan fingerprint density at radius 2 is 1.42 bits per heavy atom. The third-order valence-corrected chi connectivity index (χ3v) is 7.51. The molecule has 3 aliphatic rings. The summed E-state index contributed by atoms with van der Waals surface area (Å²) in [5.41, 5.74) is -0.666. The van der Waals surface area contributed by atoms with E-state index in [1.165, 1.54) is 0 Å². The summed E-state index contributed by atoms with van der Waals surface area (Å²) in [5, 5.41) is 0. The predicted molar refractivity (Wildman–Crippen MR) is 135 cm³/mol. The monoisotopic (exact) mass is 512 g/mol. The minimum atomic E-state index is -1.37. The standard InChI is InChI=1S/C27H48N2O7/c1-7-34-24(30)20-10-14-23(15-11-20)35-27(28-16-8-9-17-28,25(31)36-26(2,3)4)29-21(18-32-5)12-13-22(29)19-33-6/h20-23H,7-19H2,1-6H3/t20-,21-,22+,23-,27?. The Balaban J connectivity index is 1.98. The van der Waals surface area contributed by atoms with Crippen LogP contribution in [0.4, 0.5) is 0 Å². The van der Waals surface area contributed by atoms with Crippen LogP contribution in [-0.2, 0) is 33.3 Å². The van der Waals surface area contributed by atoms with Crippen molar-refractivity contribution in [1.82, 2.24) is 9.80 Å². The lowest BCUT2D eigenvalue weighted by molar-refractivity contribution is -0.290. The fraction of sp³-hybridized carbons (Fsp3) is 0.926. The Morgan fingerprint density at radius 1 is 0.861 bits per heavy atom. The molecule has 9 nitrogen and oxygen atoms in total. The van der Waals surface area contributed by atoms with Gasteiger partial charge in [-0.25, -0.2) is 9.69 Å². The molecule has 0 spiro atoms. The number of hydrogen-bond acceptors (Lipinski definition) is 9. The maximum Gasteiger partial charge on any atom is 0.371 e. The van der Waals surface area contributed by atoms with E-state index < -0.39 is 11.4 Å². The molecule has 0 amide bonds. The largest absolute Gasteiger partial charge is 0.466 e. The molecule has 0 bridgehead atoms. The van der Waals surface area contributed by atoms with Gasteiger partial charge in [0.05, 0.1) is 31.8 Å². The molecule has 0 radical (unpaired) electrons. The zero-order valence-electron chi connectivity index (χ0n) is 23.3. The second-order valence-corrected chi connectivity index (χ2v) is 11.4. The predicted octanol–water partition coefficient (Wildman–Crippen LogP) is 3.34. The van der Waals surface area contributed by atoms with Gasteiger partial charge in [0.15, 0.2) is 0 Å². The van der Waals surface area contributed by atoms with Crippen molar-refractivity contribution in [2.45, 2.75) is 109 Å². The highest BCUT2D eigenvalue weighted by atomic mass is 16.6. The first-order valence-electron chi connectivity index (χ1n) is 13.8. The van der Waals surface area contributed by atoms with E-state index in [1.54, 1.807) is 14.2 Å². The molecule has 3 fully saturated rings. The maximum atomic E-state index is 14.3. The topological polar surface area (TPSA) is 86.8 Å². The van der Waals surface area contributed by atoms with Gasteiger partial charge in [0.25, 0.3) is 5.85 Å². The normalized spacial score (nSPS) is 29.7. The van der Waals surface area contributed by atoms with Gasteiger partial charge < -0.3 is 23.7 Å². The number of nitrogens with zero attached hydrogens (tertiary/aromatic N) is 2. The summed E-state index contributed by atoms with van der Waals surface area (Å²) in [5.74, 6) is -1.97. The van der Waals surface area contributed by atoms with Crippen LogP contribution in [-0.4, -0.2) is 98.5 Å². The van der Waals surface area contributed by atoms with Crippen LogP contribution in [0.2, 0.25) is 0 Å². The van der Waals surface area contributed by atoms with E-state index in [0.29, 0.717) is 45.5 Å². The summed E-state index contributed by atoms with van der Waals surface area (Å²) < 4.78 is 29.6. The number of hydrogen-bond donors (Lipinski definition) is 0. The van der Waals surface area contributed by atoms with Crippen molar-refractivity contribution in [3.8, 4) is 0 Å². The molecule has 0 aromatic heterocycles. The van der Waals surface area contributed by atoms with E-state index in [4.69, 9.17) is 23.7 Å².